The molecule has 4 aromatic rings. The second-order valence-corrected chi connectivity index (χ2v) is 11.6. The summed E-state index contributed by atoms with van der Waals surface area (Å²) in [4.78, 5) is 27.1. The number of hydrogen-bond donors (Lipinski definition) is 0. The number of piperidine rings is 3. The van der Waals surface area contributed by atoms with Crippen molar-refractivity contribution in [1.29, 1.82) is 0 Å². The highest BCUT2D eigenvalue weighted by Gasteiger charge is 2.49. The Hall–Kier alpha value is -3.62. The van der Waals surface area contributed by atoms with Crippen LogP contribution in [0.3, 0.4) is 0 Å². The van der Waals surface area contributed by atoms with Crippen molar-refractivity contribution in [3.8, 4) is 0 Å². The lowest BCUT2D eigenvalue weighted by molar-refractivity contribution is -0.938. The lowest BCUT2D eigenvalue weighted by Gasteiger charge is -2.51. The first kappa shape index (κ1) is 25.6. The zero-order valence-corrected chi connectivity index (χ0v) is 22.0. The number of carbonyl (C=O) groups is 2. The van der Waals surface area contributed by atoms with Crippen molar-refractivity contribution in [2.45, 2.75) is 25.0 Å². The van der Waals surface area contributed by atoms with E-state index >= 15 is 0 Å². The normalized spacial score (nSPS) is 22.2. The highest BCUT2D eigenvalue weighted by molar-refractivity contribution is 7.20. The fourth-order valence-electron chi connectivity index (χ4n) is 5.99. The van der Waals surface area contributed by atoms with Crippen LogP contribution in [0.15, 0.2) is 78.9 Å². The fraction of sp³-hybridized carbons (Fsp3) is 0.290. The standard InChI is InChI=1S/C31H28F2NO4S/c32-24-8-3-6-22(15-24)30(23-7-4-9-25(33)16-23)38-31(36)37-27-19-34(13-11-20(27)12-14-34)18-26(35)29-17-21-5-1-2-10-28(21)39-29/h1-10,15-17,20,27,30H,11-14,18-19H2/q+1. The molecule has 1 aromatic heterocycles. The van der Waals surface area contributed by atoms with Crippen molar-refractivity contribution >= 4 is 33.4 Å². The number of quaternary nitrogens is 1. The monoisotopic (exact) mass is 548 g/mol. The fourth-order valence-corrected chi connectivity index (χ4v) is 6.99. The molecule has 7 rings (SSSR count). The molecule has 0 radical (unpaired) electrons. The van der Waals surface area contributed by atoms with Crippen LogP contribution in [0.25, 0.3) is 10.1 Å². The number of ketones is 1. The van der Waals surface area contributed by atoms with E-state index in [4.69, 9.17) is 9.47 Å². The van der Waals surface area contributed by atoms with Crippen LogP contribution in [0, 0.1) is 17.6 Å². The number of hydrogen-bond acceptors (Lipinski definition) is 5. The van der Waals surface area contributed by atoms with Gasteiger partial charge in [-0.05, 0) is 41.8 Å². The Balaban J connectivity index is 1.16. The predicted molar refractivity (Wildman–Crippen MR) is 145 cm³/mol. The average Bonchev–Trinajstić information content (AvgIpc) is 3.37. The number of ether oxygens (including phenoxy) is 2. The Labute approximate surface area is 229 Å². The third kappa shape index (κ3) is 5.44. The topological polar surface area (TPSA) is 52.6 Å². The quantitative estimate of drug-likeness (QED) is 0.143. The first-order chi connectivity index (χ1) is 18.9. The molecule has 200 valence electrons. The zero-order chi connectivity index (χ0) is 27.0. The minimum Gasteiger partial charge on any atom is -0.425 e. The summed E-state index contributed by atoms with van der Waals surface area (Å²) in [6.07, 6.45) is -0.594. The van der Waals surface area contributed by atoms with Crippen LogP contribution in [-0.4, -0.2) is 48.7 Å². The Bertz CT molecular complexity index is 1450. The molecular formula is C31H28F2NO4S+. The van der Waals surface area contributed by atoms with Gasteiger partial charge in [0.1, 0.15) is 24.7 Å². The SMILES string of the molecule is O=C(OC(c1cccc(F)c1)c1cccc(F)c1)OC1C[N+]2(CC(=O)c3cc4ccccc4s3)CCC1CC2. The molecule has 3 fully saturated rings. The van der Waals surface area contributed by atoms with Crippen LogP contribution in [0.1, 0.15) is 39.7 Å². The highest BCUT2D eigenvalue weighted by atomic mass is 32.1. The molecule has 39 heavy (non-hydrogen) atoms. The molecule has 3 saturated heterocycles. The molecule has 0 N–H and O–H groups in total. The van der Waals surface area contributed by atoms with E-state index in [1.54, 1.807) is 12.1 Å². The highest BCUT2D eigenvalue weighted by Crippen LogP contribution is 2.37. The number of halogens is 2. The molecule has 0 aliphatic carbocycles. The van der Waals surface area contributed by atoms with Crippen molar-refractivity contribution in [1.82, 2.24) is 0 Å². The van der Waals surface area contributed by atoms with E-state index in [0.717, 1.165) is 40.9 Å². The van der Waals surface area contributed by atoms with Crippen molar-refractivity contribution in [3.05, 3.63) is 107 Å². The summed E-state index contributed by atoms with van der Waals surface area (Å²) < 4.78 is 41.2. The second kappa shape index (κ2) is 10.5. The van der Waals surface area contributed by atoms with Crippen molar-refractivity contribution in [3.63, 3.8) is 0 Å². The predicted octanol–water partition coefficient (Wildman–Crippen LogP) is 6.91. The van der Waals surface area contributed by atoms with Gasteiger partial charge < -0.3 is 14.0 Å². The third-order valence-electron chi connectivity index (χ3n) is 7.99. The molecule has 8 heteroatoms. The van der Waals surface area contributed by atoms with E-state index in [0.29, 0.717) is 28.7 Å². The molecular weight excluding hydrogens is 520 g/mol. The second-order valence-electron chi connectivity index (χ2n) is 10.6. The van der Waals surface area contributed by atoms with Gasteiger partial charge in [0, 0.05) is 34.6 Å². The van der Waals surface area contributed by atoms with Crippen LogP contribution in [0.4, 0.5) is 13.6 Å². The average molecular weight is 549 g/mol. The largest absolute Gasteiger partial charge is 0.509 e. The molecule has 5 nitrogen and oxygen atoms in total. The summed E-state index contributed by atoms with van der Waals surface area (Å²) in [5.41, 5.74) is 0.757. The minimum atomic E-state index is -1.03. The maximum absolute atomic E-state index is 14.0. The molecule has 0 spiro atoms. The number of fused-ring (bicyclic) bond motifs is 4. The molecule has 3 aromatic carbocycles. The van der Waals surface area contributed by atoms with E-state index < -0.39 is 30.0 Å². The molecule has 2 bridgehead atoms. The van der Waals surface area contributed by atoms with Gasteiger partial charge in [-0.3, -0.25) is 4.79 Å². The summed E-state index contributed by atoms with van der Waals surface area (Å²) in [7, 11) is 0. The zero-order valence-electron chi connectivity index (χ0n) is 21.2. The maximum atomic E-state index is 14.0. The number of nitrogens with zero attached hydrogens (tertiary/aromatic N) is 1. The number of thiophene rings is 1. The number of Topliss-reactive ketones (excluding diaryl/α,β-unsaturated/α-hetero) is 1. The van der Waals surface area contributed by atoms with Crippen molar-refractivity contribution in [2.24, 2.45) is 5.92 Å². The summed E-state index contributed by atoms with van der Waals surface area (Å²) in [5, 5.41) is 1.07. The van der Waals surface area contributed by atoms with Gasteiger partial charge >= 0.3 is 6.16 Å². The van der Waals surface area contributed by atoms with E-state index in [1.807, 2.05) is 30.3 Å². The van der Waals surface area contributed by atoms with Gasteiger partial charge in [0.05, 0.1) is 18.0 Å². The summed E-state index contributed by atoms with van der Waals surface area (Å²) in [6, 6.07) is 21.3. The maximum Gasteiger partial charge on any atom is 0.509 e. The molecule has 1 unspecified atom stereocenters. The Morgan fingerprint density at radius 3 is 2.21 bits per heavy atom. The van der Waals surface area contributed by atoms with Gasteiger partial charge in [-0.2, -0.15) is 0 Å². The van der Waals surface area contributed by atoms with E-state index in [-0.39, 0.29) is 11.7 Å². The number of benzene rings is 3. The first-order valence-corrected chi connectivity index (χ1v) is 13.9. The molecule has 0 amide bonds. The van der Waals surface area contributed by atoms with Gasteiger partial charge in [-0.15, -0.1) is 11.3 Å². The lowest BCUT2D eigenvalue weighted by atomic mass is 9.83. The van der Waals surface area contributed by atoms with Gasteiger partial charge in [-0.1, -0.05) is 42.5 Å². The van der Waals surface area contributed by atoms with E-state index in [2.05, 4.69) is 0 Å². The summed E-state index contributed by atoms with van der Waals surface area (Å²) >= 11 is 1.51. The molecule has 0 saturated carbocycles. The van der Waals surface area contributed by atoms with Gasteiger partial charge in [0.25, 0.3) is 0 Å². The Kier molecular flexibility index (Phi) is 6.91. The van der Waals surface area contributed by atoms with Crippen LogP contribution >= 0.6 is 11.3 Å². The van der Waals surface area contributed by atoms with Crippen molar-refractivity contribution in [2.75, 3.05) is 26.2 Å². The van der Waals surface area contributed by atoms with Gasteiger partial charge in [0.2, 0.25) is 5.78 Å². The summed E-state index contributed by atoms with van der Waals surface area (Å²) in [6.45, 7) is 2.64. The summed E-state index contributed by atoms with van der Waals surface area (Å²) in [5.74, 6) is -0.676. The Morgan fingerprint density at radius 1 is 0.897 bits per heavy atom. The minimum absolute atomic E-state index is 0.107. The molecule has 4 heterocycles. The molecule has 1 atom stereocenters. The first-order valence-electron chi connectivity index (χ1n) is 13.1. The van der Waals surface area contributed by atoms with Crippen LogP contribution < -0.4 is 0 Å². The van der Waals surface area contributed by atoms with Crippen LogP contribution in [0.2, 0.25) is 0 Å². The molecule has 3 aliphatic heterocycles. The molecule has 3 aliphatic rings. The number of carbonyl (C=O) groups excluding carboxylic acids is 2. The smallest absolute Gasteiger partial charge is 0.425 e. The van der Waals surface area contributed by atoms with Gasteiger partial charge in [0.15, 0.2) is 12.2 Å². The third-order valence-corrected chi connectivity index (χ3v) is 9.14. The van der Waals surface area contributed by atoms with Gasteiger partial charge in [-0.25, -0.2) is 13.6 Å². The van der Waals surface area contributed by atoms with Crippen molar-refractivity contribution < 1.29 is 32.3 Å². The lowest BCUT2D eigenvalue weighted by Crippen LogP contribution is -2.65. The Morgan fingerprint density at radius 2 is 1.56 bits per heavy atom. The van der Waals surface area contributed by atoms with Crippen LogP contribution in [-0.2, 0) is 9.47 Å². The van der Waals surface area contributed by atoms with Crippen LogP contribution in [0.5, 0.6) is 0 Å². The number of rotatable bonds is 7. The van der Waals surface area contributed by atoms with E-state index in [9.17, 15) is 18.4 Å². The van der Waals surface area contributed by atoms with E-state index in [1.165, 1.54) is 47.7 Å².